The number of ether oxygens (including phenoxy) is 1. The number of carbonyl (C=O) groups excluding carboxylic acids is 1. The third-order valence-corrected chi connectivity index (χ3v) is 7.69. The first-order valence-electron chi connectivity index (χ1n) is 10.8. The van der Waals surface area contributed by atoms with Crippen molar-refractivity contribution in [3.8, 4) is 0 Å². The summed E-state index contributed by atoms with van der Waals surface area (Å²) in [5.74, 6) is -0.301. The molecular weight excluding hydrogens is 414 g/mol. The van der Waals surface area contributed by atoms with Crippen molar-refractivity contribution in [2.24, 2.45) is 0 Å². The number of morpholine rings is 1. The van der Waals surface area contributed by atoms with Crippen LogP contribution in [0, 0.1) is 6.92 Å². The summed E-state index contributed by atoms with van der Waals surface area (Å²) < 4.78 is 33.1. The molecule has 2 aromatic rings. The maximum Gasteiger partial charge on any atom is 0.257 e. The van der Waals surface area contributed by atoms with Crippen molar-refractivity contribution < 1.29 is 17.9 Å². The molecule has 1 amide bonds. The minimum Gasteiger partial charge on any atom is -0.379 e. The van der Waals surface area contributed by atoms with Gasteiger partial charge in [0, 0.05) is 37.6 Å². The lowest BCUT2D eigenvalue weighted by atomic mass is 10.1. The summed E-state index contributed by atoms with van der Waals surface area (Å²) in [7, 11) is -3.69. The van der Waals surface area contributed by atoms with Crippen molar-refractivity contribution in [1.82, 2.24) is 4.31 Å². The molecule has 8 heteroatoms. The molecule has 0 aromatic heterocycles. The lowest BCUT2D eigenvalue weighted by molar-refractivity contribution is 0.0730. The second kappa shape index (κ2) is 9.38. The van der Waals surface area contributed by atoms with E-state index in [2.05, 4.69) is 10.2 Å². The molecule has 0 atom stereocenters. The second-order valence-corrected chi connectivity index (χ2v) is 10.0. The van der Waals surface area contributed by atoms with Crippen molar-refractivity contribution in [2.45, 2.75) is 31.1 Å². The summed E-state index contributed by atoms with van der Waals surface area (Å²) in [6, 6.07) is 12.5. The molecule has 2 aliphatic heterocycles. The number of hydrogen-bond acceptors (Lipinski definition) is 5. The largest absolute Gasteiger partial charge is 0.379 e. The SMILES string of the molecule is Cc1cccc(NC(=O)c2cc(S(=O)(=O)N3CCOCC3)ccc2N2CCCCC2)c1. The highest BCUT2D eigenvalue weighted by molar-refractivity contribution is 7.89. The normalized spacial score (nSPS) is 18.0. The van der Waals surface area contributed by atoms with Gasteiger partial charge in [0.25, 0.3) is 5.91 Å². The Kier molecular flexibility index (Phi) is 6.60. The number of rotatable bonds is 5. The third kappa shape index (κ3) is 4.92. The minimum absolute atomic E-state index is 0.143. The molecule has 2 aromatic carbocycles. The molecule has 31 heavy (non-hydrogen) atoms. The van der Waals surface area contributed by atoms with Gasteiger partial charge in [0.15, 0.2) is 0 Å². The van der Waals surface area contributed by atoms with Crippen LogP contribution in [0.1, 0.15) is 35.2 Å². The van der Waals surface area contributed by atoms with Crippen LogP contribution in [0.3, 0.4) is 0 Å². The van der Waals surface area contributed by atoms with Crippen LogP contribution in [-0.2, 0) is 14.8 Å². The molecule has 0 radical (unpaired) electrons. The first-order valence-corrected chi connectivity index (χ1v) is 12.2. The number of nitrogens with one attached hydrogen (secondary N) is 1. The van der Waals surface area contributed by atoms with Crippen molar-refractivity contribution in [3.05, 3.63) is 53.6 Å². The smallest absolute Gasteiger partial charge is 0.257 e. The van der Waals surface area contributed by atoms with E-state index in [1.807, 2.05) is 31.2 Å². The average molecular weight is 444 g/mol. The van der Waals surface area contributed by atoms with E-state index in [1.165, 1.54) is 16.8 Å². The fourth-order valence-electron chi connectivity index (χ4n) is 4.13. The van der Waals surface area contributed by atoms with Gasteiger partial charge in [0.2, 0.25) is 10.0 Å². The number of nitrogens with zero attached hydrogens (tertiary/aromatic N) is 2. The van der Waals surface area contributed by atoms with Gasteiger partial charge in [0.05, 0.1) is 23.7 Å². The number of benzene rings is 2. The Morgan fingerprint density at radius 3 is 2.42 bits per heavy atom. The van der Waals surface area contributed by atoms with Crippen LogP contribution in [0.2, 0.25) is 0 Å². The van der Waals surface area contributed by atoms with Crippen molar-refractivity contribution in [1.29, 1.82) is 0 Å². The average Bonchev–Trinajstić information content (AvgIpc) is 2.80. The van der Waals surface area contributed by atoms with Crippen LogP contribution in [0.5, 0.6) is 0 Å². The molecule has 0 bridgehead atoms. The Morgan fingerprint density at radius 2 is 1.71 bits per heavy atom. The zero-order valence-corrected chi connectivity index (χ0v) is 18.7. The zero-order valence-electron chi connectivity index (χ0n) is 17.8. The Balaban J connectivity index is 1.70. The van der Waals surface area contributed by atoms with Gasteiger partial charge in [-0.25, -0.2) is 8.42 Å². The maximum absolute atomic E-state index is 13.3. The van der Waals surface area contributed by atoms with Crippen molar-refractivity contribution >= 4 is 27.3 Å². The summed E-state index contributed by atoms with van der Waals surface area (Å²) in [5, 5.41) is 2.94. The van der Waals surface area contributed by atoms with E-state index in [0.717, 1.165) is 37.2 Å². The summed E-state index contributed by atoms with van der Waals surface area (Å²) in [6.07, 6.45) is 3.30. The van der Waals surface area contributed by atoms with Gasteiger partial charge in [-0.15, -0.1) is 0 Å². The Bertz CT molecular complexity index is 1040. The molecule has 0 unspecified atom stereocenters. The van der Waals surface area contributed by atoms with E-state index in [1.54, 1.807) is 12.1 Å². The molecular formula is C23H29N3O4S. The van der Waals surface area contributed by atoms with Gasteiger partial charge in [-0.05, 0) is 62.1 Å². The summed E-state index contributed by atoms with van der Waals surface area (Å²) in [6.45, 7) is 5.09. The first kappa shape index (κ1) is 21.8. The molecule has 2 saturated heterocycles. The van der Waals surface area contributed by atoms with Gasteiger partial charge in [-0.1, -0.05) is 12.1 Å². The number of piperidine rings is 1. The third-order valence-electron chi connectivity index (χ3n) is 5.79. The fourth-order valence-corrected chi connectivity index (χ4v) is 5.56. The lowest BCUT2D eigenvalue weighted by Crippen LogP contribution is -2.40. The fraction of sp³-hybridized carbons (Fsp3) is 0.435. The van der Waals surface area contributed by atoms with E-state index in [-0.39, 0.29) is 10.8 Å². The maximum atomic E-state index is 13.3. The van der Waals surface area contributed by atoms with Gasteiger partial charge >= 0.3 is 0 Å². The molecule has 2 aliphatic rings. The Labute approximate surface area is 184 Å². The van der Waals surface area contributed by atoms with E-state index in [4.69, 9.17) is 4.74 Å². The predicted molar refractivity (Wildman–Crippen MR) is 121 cm³/mol. The molecule has 0 aliphatic carbocycles. The quantitative estimate of drug-likeness (QED) is 0.767. The van der Waals surface area contributed by atoms with E-state index < -0.39 is 10.0 Å². The highest BCUT2D eigenvalue weighted by atomic mass is 32.2. The number of carbonyl (C=O) groups is 1. The van der Waals surface area contributed by atoms with Crippen molar-refractivity contribution in [3.63, 3.8) is 0 Å². The number of aryl methyl sites for hydroxylation is 1. The van der Waals surface area contributed by atoms with Gasteiger partial charge in [-0.2, -0.15) is 4.31 Å². The molecule has 166 valence electrons. The Hall–Kier alpha value is -2.42. The van der Waals surface area contributed by atoms with Crippen LogP contribution in [0.4, 0.5) is 11.4 Å². The lowest BCUT2D eigenvalue weighted by Gasteiger charge is -2.31. The van der Waals surface area contributed by atoms with Crippen LogP contribution in [0.25, 0.3) is 0 Å². The summed E-state index contributed by atoms with van der Waals surface area (Å²) in [5.41, 5.74) is 2.90. The topological polar surface area (TPSA) is 79.0 Å². The standard InChI is InChI=1S/C23H29N3O4S/c1-18-6-5-7-19(16-18)24-23(27)21-17-20(31(28,29)26-12-14-30-15-13-26)8-9-22(21)25-10-3-2-4-11-25/h5-9,16-17H,2-4,10-15H2,1H3,(H,24,27). The van der Waals surface area contributed by atoms with Gasteiger partial charge in [0.1, 0.15) is 0 Å². The van der Waals surface area contributed by atoms with Crippen LogP contribution in [-0.4, -0.2) is 58.0 Å². The summed E-state index contributed by atoms with van der Waals surface area (Å²) >= 11 is 0. The molecule has 2 fully saturated rings. The molecule has 0 saturated carbocycles. The Morgan fingerprint density at radius 1 is 0.968 bits per heavy atom. The summed E-state index contributed by atoms with van der Waals surface area (Å²) in [4.78, 5) is 15.6. The van der Waals surface area contributed by atoms with E-state index >= 15 is 0 Å². The van der Waals surface area contributed by atoms with Crippen molar-refractivity contribution in [2.75, 3.05) is 49.6 Å². The zero-order chi connectivity index (χ0) is 21.8. The minimum atomic E-state index is -3.69. The molecule has 4 rings (SSSR count). The van der Waals surface area contributed by atoms with Crippen LogP contribution < -0.4 is 10.2 Å². The number of anilines is 2. The highest BCUT2D eigenvalue weighted by Gasteiger charge is 2.29. The van der Waals surface area contributed by atoms with Gasteiger partial charge < -0.3 is 15.0 Å². The first-order chi connectivity index (χ1) is 14.9. The molecule has 2 heterocycles. The monoisotopic (exact) mass is 443 g/mol. The number of amides is 1. The predicted octanol–water partition coefficient (Wildman–Crippen LogP) is 3.26. The van der Waals surface area contributed by atoms with E-state index in [0.29, 0.717) is 37.6 Å². The highest BCUT2D eigenvalue weighted by Crippen LogP contribution is 2.29. The van der Waals surface area contributed by atoms with Gasteiger partial charge in [-0.3, -0.25) is 4.79 Å². The molecule has 1 N–H and O–H groups in total. The molecule has 0 spiro atoms. The van der Waals surface area contributed by atoms with Crippen LogP contribution >= 0.6 is 0 Å². The number of sulfonamides is 1. The number of hydrogen-bond donors (Lipinski definition) is 1. The van der Waals surface area contributed by atoms with E-state index in [9.17, 15) is 13.2 Å². The second-order valence-electron chi connectivity index (χ2n) is 8.07. The molecule has 7 nitrogen and oxygen atoms in total. The van der Waals surface area contributed by atoms with Crippen LogP contribution in [0.15, 0.2) is 47.4 Å².